The average molecular weight is 376 g/mol. The third-order valence-corrected chi connectivity index (χ3v) is 2.17. The van der Waals surface area contributed by atoms with Crippen LogP contribution in [-0.4, -0.2) is 78.2 Å². The number of halogens is 7. The van der Waals surface area contributed by atoms with Gasteiger partial charge in [0.25, 0.3) is 11.8 Å². The van der Waals surface area contributed by atoms with Gasteiger partial charge in [-0.05, 0) is 0 Å². The predicted molar refractivity (Wildman–Crippen MR) is 66.2 cm³/mol. The smallest absolute Gasteiger partial charge is 0.378 e. The van der Waals surface area contributed by atoms with E-state index in [2.05, 4.69) is 18.9 Å². The first kappa shape index (κ1) is 23.3. The molecule has 0 spiro atoms. The summed E-state index contributed by atoms with van der Waals surface area (Å²) < 4.78 is 108. The lowest BCUT2D eigenvalue weighted by Crippen LogP contribution is -2.33. The van der Waals surface area contributed by atoms with Crippen LogP contribution in [0.3, 0.4) is 0 Å². The van der Waals surface area contributed by atoms with Crippen LogP contribution in [0.4, 0.5) is 30.7 Å². The van der Waals surface area contributed by atoms with Gasteiger partial charge in [0.1, 0.15) is 26.4 Å². The van der Waals surface area contributed by atoms with Crippen molar-refractivity contribution in [1.29, 1.82) is 0 Å². The van der Waals surface area contributed by atoms with Crippen molar-refractivity contribution in [3.8, 4) is 0 Å². The van der Waals surface area contributed by atoms with Gasteiger partial charge in [-0.1, -0.05) is 0 Å². The van der Waals surface area contributed by atoms with Crippen molar-refractivity contribution in [3.63, 3.8) is 0 Å². The van der Waals surface area contributed by atoms with Crippen LogP contribution in [-0.2, 0) is 23.7 Å². The molecule has 24 heavy (non-hydrogen) atoms. The molecule has 0 radical (unpaired) electrons. The minimum Gasteiger partial charge on any atom is -0.378 e. The average Bonchev–Trinajstić information content (AvgIpc) is 2.42. The van der Waals surface area contributed by atoms with E-state index in [1.807, 2.05) is 0 Å². The highest BCUT2D eigenvalue weighted by atomic mass is 19.4. The predicted octanol–water partition coefficient (Wildman–Crippen LogP) is 2.49. The second-order valence-electron chi connectivity index (χ2n) is 4.60. The van der Waals surface area contributed by atoms with Gasteiger partial charge in [0.05, 0.1) is 26.4 Å². The molecule has 0 saturated carbocycles. The highest BCUT2D eigenvalue weighted by molar-refractivity contribution is 4.64. The Morgan fingerprint density at radius 1 is 0.583 bits per heavy atom. The molecule has 0 rings (SSSR count). The van der Waals surface area contributed by atoms with Crippen LogP contribution in [0.15, 0.2) is 0 Å². The Kier molecular flexibility index (Phi) is 10.7. The van der Waals surface area contributed by atoms with Crippen molar-refractivity contribution in [3.05, 3.63) is 0 Å². The Morgan fingerprint density at radius 3 is 1.42 bits per heavy atom. The molecule has 0 atom stereocenters. The Balaban J connectivity index is 3.54. The first-order valence-electron chi connectivity index (χ1n) is 6.66. The maximum absolute atomic E-state index is 12.9. The zero-order valence-corrected chi connectivity index (χ0v) is 12.8. The zero-order valence-electron chi connectivity index (χ0n) is 12.8. The monoisotopic (exact) mass is 376 g/mol. The number of hydrogen-bond acceptors (Lipinski definition) is 5. The molecule has 0 unspecified atom stereocenters. The summed E-state index contributed by atoms with van der Waals surface area (Å²) in [4.78, 5) is 0. The third-order valence-electron chi connectivity index (χ3n) is 2.17. The molecule has 0 aliphatic carbocycles. The van der Waals surface area contributed by atoms with Crippen molar-refractivity contribution < 1.29 is 54.4 Å². The number of rotatable bonds is 14. The molecule has 0 saturated heterocycles. The van der Waals surface area contributed by atoms with Crippen LogP contribution in [0.25, 0.3) is 0 Å². The van der Waals surface area contributed by atoms with Crippen LogP contribution in [0, 0.1) is 0 Å². The summed E-state index contributed by atoms with van der Waals surface area (Å²) in [6.45, 7) is -5.47. The van der Waals surface area contributed by atoms with Gasteiger partial charge in [0, 0.05) is 7.11 Å². The summed E-state index contributed by atoms with van der Waals surface area (Å²) in [6.07, 6.45) is -5.15. The van der Waals surface area contributed by atoms with E-state index in [1.165, 1.54) is 0 Å². The first-order valence-corrected chi connectivity index (χ1v) is 6.66. The minimum atomic E-state index is -5.15. The van der Waals surface area contributed by atoms with Crippen LogP contribution in [0.5, 0.6) is 0 Å². The molecule has 0 heterocycles. The van der Waals surface area contributed by atoms with Crippen molar-refractivity contribution in [2.24, 2.45) is 0 Å². The van der Waals surface area contributed by atoms with Crippen LogP contribution >= 0.6 is 0 Å². The highest BCUT2D eigenvalue weighted by Gasteiger charge is 2.38. The quantitative estimate of drug-likeness (QED) is 0.344. The fourth-order valence-corrected chi connectivity index (χ4v) is 1.26. The van der Waals surface area contributed by atoms with Crippen molar-refractivity contribution >= 4 is 0 Å². The summed E-state index contributed by atoms with van der Waals surface area (Å²) in [5, 5.41) is 0. The molecule has 0 bridgehead atoms. The van der Waals surface area contributed by atoms with Gasteiger partial charge >= 0.3 is 6.36 Å². The summed E-state index contributed by atoms with van der Waals surface area (Å²) in [6, 6.07) is 0. The van der Waals surface area contributed by atoms with E-state index < -0.39 is 44.6 Å². The molecule has 0 aromatic carbocycles. The fourth-order valence-electron chi connectivity index (χ4n) is 1.26. The number of hydrogen-bond donors (Lipinski definition) is 0. The Labute approximate surface area is 133 Å². The van der Waals surface area contributed by atoms with Gasteiger partial charge in [-0.3, -0.25) is 4.74 Å². The lowest BCUT2D eigenvalue weighted by Gasteiger charge is -2.17. The highest BCUT2D eigenvalue weighted by Crippen LogP contribution is 2.22. The lowest BCUT2D eigenvalue weighted by atomic mass is 10.4. The van der Waals surface area contributed by atoms with E-state index in [0.717, 1.165) is 7.11 Å². The van der Waals surface area contributed by atoms with Crippen LogP contribution in [0.2, 0.25) is 0 Å². The standard InChI is InChI=1S/C12H19F7O5/c1-20-6-10(13,14)7-22-4-2-21-3-5-23-8-11(15,16)9-24-12(17,18)19/h2-9H2,1H3. The molecule has 146 valence electrons. The van der Waals surface area contributed by atoms with Gasteiger partial charge in [0.2, 0.25) is 0 Å². The van der Waals surface area contributed by atoms with Crippen LogP contribution < -0.4 is 0 Å². The Hall–Kier alpha value is -0.690. The van der Waals surface area contributed by atoms with Gasteiger partial charge in [-0.15, -0.1) is 13.2 Å². The summed E-state index contributed by atoms with van der Waals surface area (Å²) in [7, 11) is 1.12. The maximum Gasteiger partial charge on any atom is 0.522 e. The van der Waals surface area contributed by atoms with E-state index in [1.54, 1.807) is 0 Å². The first-order chi connectivity index (χ1) is 11.0. The fraction of sp³-hybridized carbons (Fsp3) is 1.00. The molecule has 0 aromatic heterocycles. The molecule has 5 nitrogen and oxygen atoms in total. The summed E-state index contributed by atoms with van der Waals surface area (Å²) in [5.41, 5.74) is 0. The molecule has 0 aliphatic heterocycles. The summed E-state index contributed by atoms with van der Waals surface area (Å²) in [5.74, 6) is -6.92. The number of methoxy groups -OCH3 is 1. The second-order valence-corrected chi connectivity index (χ2v) is 4.60. The molecule has 12 heteroatoms. The van der Waals surface area contributed by atoms with E-state index in [9.17, 15) is 30.7 Å². The van der Waals surface area contributed by atoms with Crippen molar-refractivity contribution in [2.75, 3.05) is 60.0 Å². The van der Waals surface area contributed by atoms with E-state index >= 15 is 0 Å². The van der Waals surface area contributed by atoms with Crippen molar-refractivity contribution in [1.82, 2.24) is 0 Å². The molecular weight excluding hydrogens is 357 g/mol. The topological polar surface area (TPSA) is 46.2 Å². The maximum atomic E-state index is 12.9. The second kappa shape index (κ2) is 11.0. The van der Waals surface area contributed by atoms with Gasteiger partial charge in [-0.25, -0.2) is 17.6 Å². The molecule has 0 aliphatic rings. The SMILES string of the molecule is COCC(F)(F)COCCOCCOCC(F)(F)COC(F)(F)F. The van der Waals surface area contributed by atoms with Gasteiger partial charge in [-0.2, -0.15) is 0 Å². The minimum absolute atomic E-state index is 0.0833. The molecule has 0 N–H and O–H groups in total. The van der Waals surface area contributed by atoms with E-state index in [-0.39, 0.29) is 26.4 Å². The van der Waals surface area contributed by atoms with Crippen LogP contribution in [0.1, 0.15) is 0 Å². The molecule has 0 aromatic rings. The van der Waals surface area contributed by atoms with E-state index in [0.29, 0.717) is 0 Å². The summed E-state index contributed by atoms with van der Waals surface area (Å²) >= 11 is 0. The molecular formula is C12H19F7O5. The van der Waals surface area contributed by atoms with Crippen molar-refractivity contribution in [2.45, 2.75) is 18.2 Å². The third kappa shape index (κ3) is 14.9. The number of alkyl halides is 7. The number of ether oxygens (including phenoxy) is 5. The molecule has 0 fully saturated rings. The van der Waals surface area contributed by atoms with Gasteiger partial charge in [0.15, 0.2) is 0 Å². The Morgan fingerprint density at radius 2 is 1.00 bits per heavy atom. The van der Waals surface area contributed by atoms with Gasteiger partial charge < -0.3 is 18.9 Å². The largest absolute Gasteiger partial charge is 0.522 e. The Bertz CT molecular complexity index is 325. The molecule has 0 amide bonds. The zero-order chi connectivity index (χ0) is 18.7. The lowest BCUT2D eigenvalue weighted by molar-refractivity contribution is -0.342. The van der Waals surface area contributed by atoms with E-state index in [4.69, 9.17) is 4.74 Å². The normalized spacial score (nSPS) is 13.5.